The number of nitrogens with two attached hydrogens (primary N) is 1. The van der Waals surface area contributed by atoms with Crippen molar-refractivity contribution in [3.8, 4) is 11.1 Å². The smallest absolute Gasteiger partial charge is 0.311 e. The molecule has 1 unspecified atom stereocenters. The van der Waals surface area contributed by atoms with Gasteiger partial charge >= 0.3 is 5.97 Å². The van der Waals surface area contributed by atoms with Crippen LogP contribution in [0.4, 0.5) is 0 Å². The Morgan fingerprint density at radius 1 is 1.09 bits per heavy atom. The average Bonchev–Trinajstić information content (AvgIpc) is 2.56. The van der Waals surface area contributed by atoms with Crippen molar-refractivity contribution in [1.82, 2.24) is 0 Å². The van der Waals surface area contributed by atoms with Gasteiger partial charge in [-0.2, -0.15) is 0 Å². The number of aliphatic hydroxyl groups is 1. The number of benzene rings is 2. The zero-order chi connectivity index (χ0) is 16.9. The van der Waals surface area contributed by atoms with Gasteiger partial charge < -0.3 is 15.9 Å². The first-order valence-corrected chi connectivity index (χ1v) is 7.69. The number of carboxylic acid groups (broad SMARTS) is 1. The zero-order valence-corrected chi connectivity index (χ0v) is 13.3. The van der Waals surface area contributed by atoms with Crippen molar-refractivity contribution in [3.05, 3.63) is 60.2 Å². The summed E-state index contributed by atoms with van der Waals surface area (Å²) in [6, 6.07) is 17.9. The molecule has 23 heavy (non-hydrogen) atoms. The summed E-state index contributed by atoms with van der Waals surface area (Å²) in [6.07, 6.45) is 0.817. The van der Waals surface area contributed by atoms with Gasteiger partial charge in [0.25, 0.3) is 0 Å². The Labute approximate surface area is 136 Å². The molecule has 0 fully saturated rings. The normalized spacial score (nSPS) is 14.9. The monoisotopic (exact) mass is 313 g/mol. The van der Waals surface area contributed by atoms with E-state index >= 15 is 0 Å². The summed E-state index contributed by atoms with van der Waals surface area (Å²) < 4.78 is 0. The molecule has 0 aliphatic carbocycles. The van der Waals surface area contributed by atoms with Gasteiger partial charge in [-0.05, 0) is 36.5 Å². The number of hydrogen-bond acceptors (Lipinski definition) is 3. The summed E-state index contributed by atoms with van der Waals surface area (Å²) >= 11 is 0. The van der Waals surface area contributed by atoms with E-state index in [0.717, 1.165) is 16.7 Å². The molecule has 0 saturated heterocycles. The number of hydrogen-bond donors (Lipinski definition) is 3. The molecule has 0 heterocycles. The number of carbonyl (C=O) groups is 1. The van der Waals surface area contributed by atoms with Gasteiger partial charge in [-0.15, -0.1) is 0 Å². The van der Waals surface area contributed by atoms with Crippen LogP contribution in [0.2, 0.25) is 0 Å². The molecular weight excluding hydrogens is 290 g/mol. The Bertz CT molecular complexity index is 639. The van der Waals surface area contributed by atoms with Crippen molar-refractivity contribution in [2.45, 2.75) is 25.8 Å². The Balaban J connectivity index is 2.02. The van der Waals surface area contributed by atoms with Crippen LogP contribution >= 0.6 is 0 Å². The van der Waals surface area contributed by atoms with Crippen molar-refractivity contribution in [3.63, 3.8) is 0 Å². The highest BCUT2D eigenvalue weighted by Gasteiger charge is 2.34. The van der Waals surface area contributed by atoms with E-state index in [-0.39, 0.29) is 12.5 Å². The molecule has 0 bridgehead atoms. The molecule has 2 aromatic carbocycles. The highest BCUT2D eigenvalue weighted by atomic mass is 16.4. The van der Waals surface area contributed by atoms with Crippen molar-refractivity contribution >= 4 is 5.97 Å². The van der Waals surface area contributed by atoms with Crippen LogP contribution in [0.15, 0.2) is 54.6 Å². The average molecular weight is 313 g/mol. The van der Waals surface area contributed by atoms with Crippen molar-refractivity contribution in [1.29, 1.82) is 0 Å². The van der Waals surface area contributed by atoms with Gasteiger partial charge in [-0.25, -0.2) is 0 Å². The lowest BCUT2D eigenvalue weighted by Gasteiger charge is -2.25. The summed E-state index contributed by atoms with van der Waals surface area (Å²) in [4.78, 5) is 11.2. The largest absolute Gasteiger partial charge is 0.481 e. The minimum Gasteiger partial charge on any atom is -0.481 e. The molecule has 0 aliphatic heterocycles. The first-order valence-electron chi connectivity index (χ1n) is 7.69. The van der Waals surface area contributed by atoms with E-state index in [2.05, 4.69) is 12.1 Å². The number of carboxylic acids is 1. The topological polar surface area (TPSA) is 83.5 Å². The van der Waals surface area contributed by atoms with Gasteiger partial charge in [0.2, 0.25) is 0 Å². The molecule has 0 radical (unpaired) electrons. The molecular formula is C19H23NO3. The second-order valence-electron chi connectivity index (χ2n) is 6.26. The van der Waals surface area contributed by atoms with E-state index < -0.39 is 18.0 Å². The highest BCUT2D eigenvalue weighted by Crippen LogP contribution is 2.24. The quantitative estimate of drug-likeness (QED) is 0.734. The van der Waals surface area contributed by atoms with E-state index in [1.54, 1.807) is 0 Å². The van der Waals surface area contributed by atoms with Crippen molar-refractivity contribution in [2.75, 3.05) is 6.61 Å². The molecule has 4 heteroatoms. The van der Waals surface area contributed by atoms with Gasteiger partial charge in [-0.1, -0.05) is 54.6 Å². The molecule has 0 amide bonds. The predicted octanol–water partition coefficient (Wildman–Crippen LogP) is 2.70. The van der Waals surface area contributed by atoms with Crippen molar-refractivity contribution in [2.24, 2.45) is 11.1 Å². The SMILES string of the molecule is C[C@](CO)(CC(N)Cc1ccc(-c2ccccc2)cc1)C(=O)O. The predicted molar refractivity (Wildman–Crippen MR) is 91.0 cm³/mol. The lowest BCUT2D eigenvalue weighted by Crippen LogP contribution is -2.39. The number of rotatable bonds is 7. The maximum Gasteiger partial charge on any atom is 0.311 e. The fraction of sp³-hybridized carbons (Fsp3) is 0.316. The van der Waals surface area contributed by atoms with Gasteiger partial charge in [0.1, 0.15) is 0 Å². The minimum absolute atomic E-state index is 0.235. The van der Waals surface area contributed by atoms with Crippen LogP contribution in [0.1, 0.15) is 18.9 Å². The summed E-state index contributed by atoms with van der Waals surface area (Å²) in [7, 11) is 0. The van der Waals surface area contributed by atoms with Crippen LogP contribution in [0, 0.1) is 5.41 Å². The maximum absolute atomic E-state index is 11.2. The van der Waals surface area contributed by atoms with Crippen LogP contribution in [0.3, 0.4) is 0 Å². The Kier molecular flexibility index (Phi) is 5.53. The standard InChI is InChI=1S/C19H23NO3/c1-19(13-21,18(22)23)12-17(20)11-14-7-9-16(10-8-14)15-5-3-2-4-6-15/h2-10,17,21H,11-13,20H2,1H3,(H,22,23)/t17?,19-/m1/s1. The van der Waals surface area contributed by atoms with Gasteiger partial charge in [0.15, 0.2) is 0 Å². The minimum atomic E-state index is -1.19. The first kappa shape index (κ1) is 17.2. The molecule has 2 atom stereocenters. The number of aliphatic carboxylic acids is 1. The van der Waals surface area contributed by atoms with E-state index in [0.29, 0.717) is 6.42 Å². The van der Waals surface area contributed by atoms with Crippen molar-refractivity contribution < 1.29 is 15.0 Å². The first-order chi connectivity index (χ1) is 10.9. The van der Waals surface area contributed by atoms with E-state index in [1.165, 1.54) is 6.92 Å². The van der Waals surface area contributed by atoms with Gasteiger partial charge in [0, 0.05) is 6.04 Å². The van der Waals surface area contributed by atoms with E-state index in [1.807, 2.05) is 42.5 Å². The summed E-state index contributed by atoms with van der Waals surface area (Å²) in [6.45, 7) is 1.11. The molecule has 2 rings (SSSR count). The van der Waals surface area contributed by atoms with E-state index in [4.69, 9.17) is 5.73 Å². The van der Waals surface area contributed by atoms with Gasteiger partial charge in [-0.3, -0.25) is 4.79 Å². The number of aliphatic hydroxyl groups excluding tert-OH is 1. The van der Waals surface area contributed by atoms with Crippen LogP contribution < -0.4 is 5.73 Å². The van der Waals surface area contributed by atoms with Crippen LogP contribution in [-0.2, 0) is 11.2 Å². The molecule has 0 saturated carbocycles. The Morgan fingerprint density at radius 3 is 2.17 bits per heavy atom. The molecule has 0 aliphatic rings. The molecule has 0 aromatic heterocycles. The molecule has 0 spiro atoms. The fourth-order valence-corrected chi connectivity index (χ4v) is 2.64. The lowest BCUT2D eigenvalue weighted by atomic mass is 9.83. The van der Waals surface area contributed by atoms with E-state index in [9.17, 15) is 15.0 Å². The third-order valence-electron chi connectivity index (χ3n) is 4.14. The summed E-state index contributed by atoms with van der Waals surface area (Å²) in [5.41, 5.74) is 8.23. The van der Waals surface area contributed by atoms with Crippen LogP contribution in [0.25, 0.3) is 11.1 Å². The summed E-state index contributed by atoms with van der Waals surface area (Å²) in [5.74, 6) is -1.02. The second-order valence-corrected chi connectivity index (χ2v) is 6.26. The van der Waals surface area contributed by atoms with Crippen LogP contribution in [0.5, 0.6) is 0 Å². The molecule has 4 nitrogen and oxygen atoms in total. The Morgan fingerprint density at radius 2 is 1.65 bits per heavy atom. The van der Waals surface area contributed by atoms with Crippen LogP contribution in [-0.4, -0.2) is 28.8 Å². The maximum atomic E-state index is 11.2. The zero-order valence-electron chi connectivity index (χ0n) is 13.3. The highest BCUT2D eigenvalue weighted by molar-refractivity contribution is 5.74. The second kappa shape index (κ2) is 7.40. The molecule has 122 valence electrons. The fourth-order valence-electron chi connectivity index (χ4n) is 2.64. The third kappa shape index (κ3) is 4.41. The summed E-state index contributed by atoms with van der Waals surface area (Å²) in [5, 5.41) is 18.5. The molecule has 4 N–H and O–H groups in total. The third-order valence-corrected chi connectivity index (χ3v) is 4.14. The molecule has 2 aromatic rings. The Hall–Kier alpha value is -2.17. The van der Waals surface area contributed by atoms with Gasteiger partial charge in [0.05, 0.1) is 12.0 Å². The lowest BCUT2D eigenvalue weighted by molar-refractivity contribution is -0.151.